The summed E-state index contributed by atoms with van der Waals surface area (Å²) < 4.78 is 2.90. The third-order valence-electron chi connectivity index (χ3n) is 2.95. The first-order valence-electron chi connectivity index (χ1n) is 5.71. The molecule has 0 aliphatic heterocycles. The number of nitrogens with zero attached hydrogens (tertiary/aromatic N) is 2. The van der Waals surface area contributed by atoms with E-state index < -0.39 is 0 Å². The lowest BCUT2D eigenvalue weighted by Crippen LogP contribution is -2.22. The second-order valence-electron chi connectivity index (χ2n) is 4.18. The molecule has 0 bridgehead atoms. The summed E-state index contributed by atoms with van der Waals surface area (Å²) in [5.41, 5.74) is 2.34. The van der Waals surface area contributed by atoms with Gasteiger partial charge in [0.1, 0.15) is 0 Å². The molecule has 1 N–H and O–H groups in total. The van der Waals surface area contributed by atoms with E-state index >= 15 is 0 Å². The van der Waals surface area contributed by atoms with Crippen molar-refractivity contribution in [3.05, 3.63) is 51.2 Å². The molecule has 1 heterocycles. The van der Waals surface area contributed by atoms with Crippen LogP contribution >= 0.6 is 27.5 Å². The Morgan fingerprint density at radius 2 is 2.28 bits per heavy atom. The van der Waals surface area contributed by atoms with Crippen molar-refractivity contribution in [2.75, 3.05) is 7.05 Å². The molecule has 0 spiro atoms. The van der Waals surface area contributed by atoms with Crippen molar-refractivity contribution < 1.29 is 0 Å². The fraction of sp³-hybridized carbons (Fsp3) is 0.308. The first-order valence-corrected chi connectivity index (χ1v) is 6.88. The maximum atomic E-state index is 6.01. The zero-order chi connectivity index (χ0) is 13.1. The van der Waals surface area contributed by atoms with Gasteiger partial charge in [-0.25, -0.2) is 0 Å². The standard InChI is InChI=1S/C13H15BrClN3/c1-16-12(13-11(14)8-17-18(13)2)7-9-4-3-5-10(15)6-9/h3-6,8,12,16H,7H2,1-2H3. The van der Waals surface area contributed by atoms with Crippen molar-refractivity contribution in [2.24, 2.45) is 7.05 Å². The minimum absolute atomic E-state index is 0.199. The van der Waals surface area contributed by atoms with E-state index in [1.807, 2.05) is 43.2 Å². The summed E-state index contributed by atoms with van der Waals surface area (Å²) in [6.07, 6.45) is 2.69. The van der Waals surface area contributed by atoms with Crippen LogP contribution in [0, 0.1) is 0 Å². The van der Waals surface area contributed by atoms with E-state index in [9.17, 15) is 0 Å². The van der Waals surface area contributed by atoms with Crippen LogP contribution in [0.15, 0.2) is 34.9 Å². The number of aromatic nitrogens is 2. The average molecular weight is 329 g/mol. The highest BCUT2D eigenvalue weighted by Crippen LogP contribution is 2.26. The van der Waals surface area contributed by atoms with Crippen molar-refractivity contribution in [2.45, 2.75) is 12.5 Å². The molecule has 1 aromatic heterocycles. The maximum absolute atomic E-state index is 6.01. The predicted molar refractivity (Wildman–Crippen MR) is 77.9 cm³/mol. The monoisotopic (exact) mass is 327 g/mol. The van der Waals surface area contributed by atoms with E-state index in [4.69, 9.17) is 11.6 Å². The van der Waals surface area contributed by atoms with Crippen LogP contribution in [0.1, 0.15) is 17.3 Å². The highest BCUT2D eigenvalue weighted by Gasteiger charge is 2.17. The molecule has 0 fully saturated rings. The van der Waals surface area contributed by atoms with Gasteiger partial charge < -0.3 is 5.32 Å². The minimum Gasteiger partial charge on any atom is -0.311 e. The molecule has 1 atom stereocenters. The van der Waals surface area contributed by atoms with Crippen LogP contribution < -0.4 is 5.32 Å². The third-order valence-corrected chi connectivity index (χ3v) is 3.79. The smallest absolute Gasteiger partial charge is 0.0695 e. The summed E-state index contributed by atoms with van der Waals surface area (Å²) in [5, 5.41) is 8.34. The van der Waals surface area contributed by atoms with E-state index in [0.717, 1.165) is 21.6 Å². The second kappa shape index (κ2) is 5.87. The molecule has 0 amide bonds. The lowest BCUT2D eigenvalue weighted by molar-refractivity contribution is 0.535. The zero-order valence-corrected chi connectivity index (χ0v) is 12.7. The Bertz CT molecular complexity index is 519. The van der Waals surface area contributed by atoms with Gasteiger partial charge >= 0.3 is 0 Å². The molecule has 96 valence electrons. The first-order chi connectivity index (χ1) is 8.61. The van der Waals surface area contributed by atoms with Crippen LogP contribution in [0.3, 0.4) is 0 Å². The van der Waals surface area contributed by atoms with Crippen LogP contribution in [0.4, 0.5) is 0 Å². The first kappa shape index (κ1) is 13.6. The Morgan fingerprint density at radius 1 is 1.50 bits per heavy atom. The molecule has 3 nitrogen and oxygen atoms in total. The molecule has 18 heavy (non-hydrogen) atoms. The van der Waals surface area contributed by atoms with Crippen LogP contribution in [0.5, 0.6) is 0 Å². The maximum Gasteiger partial charge on any atom is 0.0695 e. The SMILES string of the molecule is CNC(Cc1cccc(Cl)c1)c1c(Br)cnn1C. The third kappa shape index (κ3) is 2.94. The van der Waals surface area contributed by atoms with E-state index in [2.05, 4.69) is 32.4 Å². The number of benzene rings is 1. The molecule has 2 rings (SSSR count). The van der Waals surface area contributed by atoms with Crippen LogP contribution in [0.25, 0.3) is 0 Å². The lowest BCUT2D eigenvalue weighted by Gasteiger charge is -2.17. The Hall–Kier alpha value is -0.840. The molecular weight excluding hydrogens is 314 g/mol. The molecular formula is C13H15BrClN3. The highest BCUT2D eigenvalue weighted by atomic mass is 79.9. The molecule has 2 aromatic rings. The predicted octanol–water partition coefficient (Wildman–Crippen LogP) is 3.34. The van der Waals surface area contributed by atoms with Gasteiger partial charge in [0.15, 0.2) is 0 Å². The van der Waals surface area contributed by atoms with E-state index in [0.29, 0.717) is 0 Å². The Morgan fingerprint density at radius 3 is 2.83 bits per heavy atom. The number of hydrogen-bond acceptors (Lipinski definition) is 2. The molecule has 5 heteroatoms. The van der Waals surface area contributed by atoms with Crippen LogP contribution in [0.2, 0.25) is 5.02 Å². The van der Waals surface area contributed by atoms with Gasteiger partial charge in [-0.05, 0) is 47.1 Å². The summed E-state index contributed by atoms with van der Waals surface area (Å²) in [6.45, 7) is 0. The number of aryl methyl sites for hydroxylation is 1. The zero-order valence-electron chi connectivity index (χ0n) is 10.3. The quantitative estimate of drug-likeness (QED) is 0.933. The average Bonchev–Trinajstić information content (AvgIpc) is 2.67. The molecule has 0 saturated carbocycles. The van der Waals surface area contributed by atoms with Gasteiger partial charge in [-0.15, -0.1) is 0 Å². The van der Waals surface area contributed by atoms with Crippen molar-refractivity contribution in [3.63, 3.8) is 0 Å². The van der Waals surface area contributed by atoms with Gasteiger partial charge in [0, 0.05) is 12.1 Å². The van der Waals surface area contributed by atoms with Crippen molar-refractivity contribution in [1.29, 1.82) is 0 Å². The van der Waals surface area contributed by atoms with Crippen molar-refractivity contribution in [3.8, 4) is 0 Å². The van der Waals surface area contributed by atoms with Crippen LogP contribution in [-0.4, -0.2) is 16.8 Å². The van der Waals surface area contributed by atoms with E-state index in [1.54, 1.807) is 0 Å². The van der Waals surface area contributed by atoms with Gasteiger partial charge in [-0.2, -0.15) is 5.10 Å². The molecule has 0 aliphatic carbocycles. The summed E-state index contributed by atoms with van der Waals surface area (Å²) >= 11 is 9.55. The number of rotatable bonds is 4. The summed E-state index contributed by atoms with van der Waals surface area (Å²) in [4.78, 5) is 0. The fourth-order valence-corrected chi connectivity index (χ4v) is 2.88. The topological polar surface area (TPSA) is 29.9 Å². The van der Waals surface area contributed by atoms with Crippen LogP contribution in [-0.2, 0) is 13.5 Å². The normalized spacial score (nSPS) is 12.7. The Kier molecular flexibility index (Phi) is 4.43. The number of hydrogen-bond donors (Lipinski definition) is 1. The highest BCUT2D eigenvalue weighted by molar-refractivity contribution is 9.10. The van der Waals surface area contributed by atoms with Gasteiger partial charge in [0.2, 0.25) is 0 Å². The Balaban J connectivity index is 2.25. The van der Waals surface area contributed by atoms with Gasteiger partial charge in [0.05, 0.1) is 22.4 Å². The largest absolute Gasteiger partial charge is 0.311 e. The van der Waals surface area contributed by atoms with E-state index in [1.165, 1.54) is 5.56 Å². The summed E-state index contributed by atoms with van der Waals surface area (Å²) in [5.74, 6) is 0. The molecule has 0 saturated heterocycles. The van der Waals surface area contributed by atoms with Crippen molar-refractivity contribution in [1.82, 2.24) is 15.1 Å². The second-order valence-corrected chi connectivity index (χ2v) is 5.47. The molecule has 1 unspecified atom stereocenters. The minimum atomic E-state index is 0.199. The van der Waals surface area contributed by atoms with Gasteiger partial charge in [0.25, 0.3) is 0 Å². The summed E-state index contributed by atoms with van der Waals surface area (Å²) in [7, 11) is 3.90. The number of halogens is 2. The molecule has 0 radical (unpaired) electrons. The molecule has 1 aromatic carbocycles. The van der Waals surface area contributed by atoms with E-state index in [-0.39, 0.29) is 6.04 Å². The number of nitrogens with one attached hydrogen (secondary N) is 1. The fourth-order valence-electron chi connectivity index (χ4n) is 2.05. The number of likely N-dealkylation sites (N-methyl/N-ethyl adjacent to an activating group) is 1. The lowest BCUT2D eigenvalue weighted by atomic mass is 10.0. The summed E-state index contributed by atoms with van der Waals surface area (Å²) in [6, 6.07) is 8.14. The van der Waals surface area contributed by atoms with Gasteiger partial charge in [-0.3, -0.25) is 4.68 Å². The van der Waals surface area contributed by atoms with Gasteiger partial charge in [-0.1, -0.05) is 23.7 Å². The molecule has 0 aliphatic rings. The Labute approximate surface area is 120 Å². The van der Waals surface area contributed by atoms with Crippen molar-refractivity contribution >= 4 is 27.5 Å².